The minimum atomic E-state index is -7.22. The van der Waals surface area contributed by atoms with Crippen LogP contribution < -0.4 is 49.4 Å². The van der Waals surface area contributed by atoms with Gasteiger partial charge in [0.05, 0.1) is 0 Å². The normalized spacial score (nSPS) is 11.6. The summed E-state index contributed by atoms with van der Waals surface area (Å²) in [5, 5.41) is 0. The molecule has 0 aliphatic rings. The van der Waals surface area contributed by atoms with E-state index in [0.29, 0.717) is 119 Å². The van der Waals surface area contributed by atoms with E-state index in [1.165, 1.54) is 0 Å². The average molecular weight is 1480 g/mol. The molecule has 530 valence electrons. The first-order valence-electron chi connectivity index (χ1n) is 28.6. The zero-order valence-electron chi connectivity index (χ0n) is 51.1. The Morgan fingerprint density at radius 2 is 0.392 bits per heavy atom. The van der Waals surface area contributed by atoms with Crippen LogP contribution in [-0.4, -0.2) is 160 Å². The van der Waals surface area contributed by atoms with Crippen LogP contribution in [0, 0.1) is 116 Å². The van der Waals surface area contributed by atoms with Crippen molar-refractivity contribution in [2.75, 3.05) is 140 Å². The molecule has 7 aromatic carbocycles. The second kappa shape index (κ2) is 38.2. The summed E-state index contributed by atoms with van der Waals surface area (Å²) in [5.41, 5.74) is -14.3. The smallest absolute Gasteiger partial charge is 0.207 e. The molecule has 0 aliphatic carbocycles. The van der Waals surface area contributed by atoms with Crippen molar-refractivity contribution in [1.82, 2.24) is 0 Å². The molecule has 0 spiro atoms. The average Bonchev–Trinajstić information content (AvgIpc) is 0.682. The molecule has 0 bridgehead atoms. The Bertz CT molecular complexity index is 3220. The maximum atomic E-state index is 15.4. The van der Waals surface area contributed by atoms with E-state index in [1.54, 1.807) is 21.3 Å². The second-order valence-electron chi connectivity index (χ2n) is 19.6. The topological polar surface area (TPSA) is 111 Å². The maximum absolute atomic E-state index is 15.4. The first-order valence-corrected chi connectivity index (χ1v) is 31.1. The number of methoxy groups -OCH3 is 3. The standard InChI is InChI=1S/C39H57O12Se.C24BF20/c1-40-16-19-43-22-25-46-28-31-49-34-10-4-7-13-37(34)52(38-14-8-5-11-35(38)50-32-29-47-26-23-44-20-17-41-2)39-15-9-6-12-36(39)51-33-30-48-27-24-45-21-18-42-3;26-5-1(6(27)14(35)21(42)13(5)34)25(2-7(28)15(36)22(43)16(37)8(2)29,3-9(30)17(38)23(44)18(39)10(3)31)4-11(32)19(40)24(45)20(41)12(4)33/h4-15H,16-33H2,1-3H3;/q+1;-1. The van der Waals surface area contributed by atoms with Crippen molar-refractivity contribution in [2.45, 2.75) is 0 Å². The van der Waals surface area contributed by atoms with Gasteiger partial charge < -0.3 is 0 Å². The van der Waals surface area contributed by atoms with Crippen molar-refractivity contribution in [3.05, 3.63) is 189 Å². The Kier molecular flexibility index (Phi) is 31.0. The van der Waals surface area contributed by atoms with E-state index in [2.05, 4.69) is 18.2 Å². The van der Waals surface area contributed by atoms with E-state index < -0.39 is 158 Å². The summed E-state index contributed by atoms with van der Waals surface area (Å²) in [4.78, 5) is 0. The van der Waals surface area contributed by atoms with Crippen LogP contribution in [0.2, 0.25) is 0 Å². The van der Waals surface area contributed by atoms with Crippen LogP contribution in [0.5, 0.6) is 17.2 Å². The van der Waals surface area contributed by atoms with Gasteiger partial charge in [-0.25, -0.2) is 87.8 Å². The number of hydrogen-bond acceptors (Lipinski definition) is 12. The fourth-order valence-electron chi connectivity index (χ4n) is 9.47. The molecule has 0 heterocycles. The van der Waals surface area contributed by atoms with Crippen molar-refractivity contribution in [3.8, 4) is 17.2 Å². The zero-order valence-corrected chi connectivity index (χ0v) is 52.8. The van der Waals surface area contributed by atoms with Gasteiger partial charge >= 0.3 is 293 Å². The third kappa shape index (κ3) is 18.4. The van der Waals surface area contributed by atoms with E-state index in [0.717, 1.165) is 30.6 Å². The van der Waals surface area contributed by atoms with Gasteiger partial charge in [-0.2, -0.15) is 0 Å². The van der Waals surface area contributed by atoms with Crippen molar-refractivity contribution in [2.24, 2.45) is 0 Å². The third-order valence-corrected chi connectivity index (χ3v) is 18.7. The first kappa shape index (κ1) is 78.8. The summed E-state index contributed by atoms with van der Waals surface area (Å²) < 4.78 is 365. The molecule has 0 saturated heterocycles. The fourth-order valence-corrected chi connectivity index (χ4v) is 14.4. The first-order chi connectivity index (χ1) is 46.5. The van der Waals surface area contributed by atoms with E-state index in [-0.39, 0.29) is 0 Å². The number of para-hydroxylation sites is 3. The number of halogens is 20. The summed E-state index contributed by atoms with van der Waals surface area (Å²) in [5.74, 6) is -69.0. The molecule has 7 rings (SSSR count). The van der Waals surface area contributed by atoms with Gasteiger partial charge in [0.15, 0.2) is 69.8 Å². The predicted molar refractivity (Wildman–Crippen MR) is 310 cm³/mol. The Balaban J connectivity index is 0.000000309. The predicted octanol–water partition coefficient (Wildman–Crippen LogP) is 8.22. The van der Waals surface area contributed by atoms with Crippen molar-refractivity contribution in [3.63, 3.8) is 0 Å². The number of rotatable bonds is 37. The number of ether oxygens (including phenoxy) is 12. The molecule has 0 radical (unpaired) electrons. The summed E-state index contributed by atoms with van der Waals surface area (Å²) >= 11 is -2.07. The Hall–Kier alpha value is -7.24. The Morgan fingerprint density at radius 3 is 0.588 bits per heavy atom. The number of benzene rings is 7. The molecular weight excluding hydrogens is 1420 g/mol. The molecule has 0 saturated carbocycles. The minimum Gasteiger partial charge on any atom is -0.207 e. The minimum absolute atomic E-state index is 0.392. The Morgan fingerprint density at radius 1 is 0.227 bits per heavy atom. The van der Waals surface area contributed by atoms with Crippen LogP contribution in [0.4, 0.5) is 87.8 Å². The van der Waals surface area contributed by atoms with Crippen LogP contribution >= 0.6 is 0 Å². The summed E-state index contributed by atoms with van der Waals surface area (Å²) in [6.45, 7) is 8.73. The molecule has 0 amide bonds. The van der Waals surface area contributed by atoms with Gasteiger partial charge in [-0.1, -0.05) is 0 Å². The molecule has 0 aliphatic heterocycles. The van der Waals surface area contributed by atoms with Crippen molar-refractivity contribution in [1.29, 1.82) is 0 Å². The summed E-state index contributed by atoms with van der Waals surface area (Å²) in [7, 11) is 4.96. The number of hydrogen-bond donors (Lipinski definition) is 0. The molecule has 97 heavy (non-hydrogen) atoms. The van der Waals surface area contributed by atoms with Crippen LogP contribution in [0.3, 0.4) is 0 Å². The monoisotopic (exact) mass is 1480 g/mol. The van der Waals surface area contributed by atoms with Gasteiger partial charge in [-0.05, 0) is 0 Å². The zero-order chi connectivity index (χ0) is 71.1. The summed E-state index contributed by atoms with van der Waals surface area (Å²) in [6.07, 6.45) is -7.22. The van der Waals surface area contributed by atoms with E-state index in [9.17, 15) is 52.7 Å². The third-order valence-electron chi connectivity index (χ3n) is 13.8. The van der Waals surface area contributed by atoms with Gasteiger partial charge in [-0.15, -0.1) is 21.9 Å². The van der Waals surface area contributed by atoms with Crippen molar-refractivity contribution >= 4 is 55.3 Å². The quantitative estimate of drug-likeness (QED) is 0.0123. The van der Waals surface area contributed by atoms with Crippen molar-refractivity contribution < 1.29 is 145 Å². The van der Waals surface area contributed by atoms with E-state index >= 15 is 35.1 Å². The van der Waals surface area contributed by atoms with E-state index in [1.807, 2.05) is 54.6 Å². The van der Waals surface area contributed by atoms with E-state index in [4.69, 9.17) is 56.8 Å². The molecule has 0 fully saturated rings. The van der Waals surface area contributed by atoms with Crippen LogP contribution in [0.25, 0.3) is 0 Å². The molecule has 0 atom stereocenters. The molecule has 34 heteroatoms. The molecule has 12 nitrogen and oxygen atoms in total. The molecule has 0 aromatic heterocycles. The SMILES string of the molecule is COCCOCCOCCOc1ccccc1[Se+](c1ccccc1OCCOCCOCCOC)c1ccccc1OCCOCCOCCOC.Fc1c(F)c(F)c([B-](c2c(F)c(F)c(F)c(F)c2F)(c2c(F)c(F)c(F)c(F)c2F)c2c(F)c(F)c(F)c(F)c2F)c(F)c1F. The van der Waals surface area contributed by atoms with Crippen LogP contribution in [-0.2, 0) is 42.6 Å². The molecule has 7 aromatic rings. The van der Waals surface area contributed by atoms with Gasteiger partial charge in [0, 0.05) is 21.3 Å². The fraction of sp³-hybridized carbons (Fsp3) is 0.333. The van der Waals surface area contributed by atoms with Crippen LogP contribution in [0.15, 0.2) is 72.8 Å². The molecular formula is C63H57BF20O12Se. The second-order valence-corrected chi connectivity index (χ2v) is 23.7. The molecule has 0 unspecified atom stereocenters. The van der Waals surface area contributed by atoms with Gasteiger partial charge in [0.2, 0.25) is 0 Å². The Labute approximate surface area is 544 Å². The van der Waals surface area contributed by atoms with Gasteiger partial charge in [0.1, 0.15) is 52.7 Å². The van der Waals surface area contributed by atoms with Gasteiger partial charge in [0.25, 0.3) is 0 Å². The summed E-state index contributed by atoms with van der Waals surface area (Å²) in [6, 6.07) is 24.6. The van der Waals surface area contributed by atoms with Gasteiger partial charge in [-0.3, -0.25) is 0 Å². The van der Waals surface area contributed by atoms with Crippen LogP contribution in [0.1, 0.15) is 0 Å². The molecule has 0 N–H and O–H groups in total.